The normalized spacial score (nSPS) is 12.3. The van der Waals surface area contributed by atoms with Gasteiger partial charge in [0.2, 0.25) is 0 Å². The molecule has 0 bridgehead atoms. The fourth-order valence-corrected chi connectivity index (χ4v) is 3.97. The van der Waals surface area contributed by atoms with Crippen LogP contribution in [0.3, 0.4) is 0 Å². The van der Waals surface area contributed by atoms with Crippen molar-refractivity contribution in [1.29, 1.82) is 0 Å². The molecule has 24 heavy (non-hydrogen) atoms. The van der Waals surface area contributed by atoms with Gasteiger partial charge in [-0.05, 0) is 30.2 Å². The summed E-state index contributed by atoms with van der Waals surface area (Å²) in [7, 11) is 1.95. The first kappa shape index (κ1) is 14.9. The van der Waals surface area contributed by atoms with Crippen molar-refractivity contribution in [2.45, 2.75) is 13.3 Å². The lowest BCUT2D eigenvalue weighted by molar-refractivity contribution is 0.0973. The van der Waals surface area contributed by atoms with E-state index in [1.54, 1.807) is 6.07 Å². The molecule has 0 aliphatic heterocycles. The van der Waals surface area contributed by atoms with E-state index < -0.39 is 0 Å². The van der Waals surface area contributed by atoms with Gasteiger partial charge in [-0.2, -0.15) is 4.99 Å². The summed E-state index contributed by atoms with van der Waals surface area (Å²) in [5.41, 5.74) is 3.09. The zero-order valence-electron chi connectivity index (χ0n) is 13.4. The van der Waals surface area contributed by atoms with E-state index in [4.69, 9.17) is 4.42 Å². The molecule has 0 saturated heterocycles. The van der Waals surface area contributed by atoms with E-state index in [-0.39, 0.29) is 11.7 Å². The molecule has 120 valence electrons. The van der Waals surface area contributed by atoms with Crippen LogP contribution in [0.4, 0.5) is 0 Å². The van der Waals surface area contributed by atoms with Gasteiger partial charge in [0.1, 0.15) is 5.58 Å². The van der Waals surface area contributed by atoms with E-state index in [1.165, 1.54) is 16.9 Å². The number of fused-ring (bicyclic) bond motifs is 2. The number of furan rings is 1. The van der Waals surface area contributed by atoms with Gasteiger partial charge < -0.3 is 8.98 Å². The molecule has 0 fully saturated rings. The van der Waals surface area contributed by atoms with Crippen LogP contribution in [0, 0.1) is 0 Å². The average molecular weight is 336 g/mol. The topological polar surface area (TPSA) is 47.5 Å². The van der Waals surface area contributed by atoms with Crippen molar-refractivity contribution in [3.8, 4) is 0 Å². The number of rotatable bonds is 2. The van der Waals surface area contributed by atoms with E-state index in [0.717, 1.165) is 22.0 Å². The molecule has 4 aromatic rings. The van der Waals surface area contributed by atoms with Crippen LogP contribution in [0.1, 0.15) is 23.0 Å². The molecule has 0 aliphatic carbocycles. The lowest BCUT2D eigenvalue weighted by Gasteiger charge is -2.01. The van der Waals surface area contributed by atoms with E-state index in [1.807, 2.05) is 41.9 Å². The summed E-state index contributed by atoms with van der Waals surface area (Å²) in [4.78, 5) is 17.5. The minimum absolute atomic E-state index is 0.268. The zero-order valence-corrected chi connectivity index (χ0v) is 14.3. The summed E-state index contributed by atoms with van der Waals surface area (Å²) >= 11 is 1.52. The number of aryl methyl sites for hydroxylation is 2. The summed E-state index contributed by atoms with van der Waals surface area (Å²) in [5.74, 6) is -0.0872. The Morgan fingerprint density at radius 3 is 2.83 bits per heavy atom. The number of para-hydroxylation sites is 2. The van der Waals surface area contributed by atoms with Gasteiger partial charge >= 0.3 is 5.91 Å². The number of benzene rings is 2. The first-order valence-corrected chi connectivity index (χ1v) is 8.64. The SMILES string of the molecule is CCc1cccc2sc(=NC(=O)c3cc4ccccc4o3)n(C)c12. The number of carbonyl (C=O) groups excluding carboxylic acids is 1. The van der Waals surface area contributed by atoms with Crippen LogP contribution in [0.15, 0.2) is 57.9 Å². The number of nitrogens with zero attached hydrogens (tertiary/aromatic N) is 2. The lowest BCUT2D eigenvalue weighted by atomic mass is 10.1. The maximum absolute atomic E-state index is 12.5. The smallest absolute Gasteiger partial charge is 0.315 e. The van der Waals surface area contributed by atoms with Gasteiger partial charge in [0.25, 0.3) is 0 Å². The molecule has 4 rings (SSSR count). The van der Waals surface area contributed by atoms with Crippen LogP contribution in [0.2, 0.25) is 0 Å². The number of hydrogen-bond donors (Lipinski definition) is 0. The predicted molar refractivity (Wildman–Crippen MR) is 96.3 cm³/mol. The molecule has 0 radical (unpaired) electrons. The van der Waals surface area contributed by atoms with Gasteiger partial charge in [-0.3, -0.25) is 4.79 Å². The first-order chi connectivity index (χ1) is 11.7. The Balaban J connectivity index is 1.84. The van der Waals surface area contributed by atoms with Crippen LogP contribution in [-0.2, 0) is 13.5 Å². The fraction of sp³-hybridized carbons (Fsp3) is 0.158. The first-order valence-electron chi connectivity index (χ1n) is 7.82. The van der Waals surface area contributed by atoms with Gasteiger partial charge in [0.05, 0.1) is 10.2 Å². The van der Waals surface area contributed by atoms with Crippen molar-refractivity contribution >= 4 is 38.4 Å². The van der Waals surface area contributed by atoms with Crippen molar-refractivity contribution in [1.82, 2.24) is 4.57 Å². The Kier molecular flexibility index (Phi) is 3.58. The second kappa shape index (κ2) is 5.76. The van der Waals surface area contributed by atoms with E-state index in [9.17, 15) is 4.79 Å². The van der Waals surface area contributed by atoms with Gasteiger partial charge in [-0.15, -0.1) is 0 Å². The molecule has 0 aliphatic rings. The number of carbonyl (C=O) groups is 1. The molecule has 4 nitrogen and oxygen atoms in total. The largest absolute Gasteiger partial charge is 0.451 e. The minimum Gasteiger partial charge on any atom is -0.451 e. The van der Waals surface area contributed by atoms with Gasteiger partial charge in [-0.25, -0.2) is 0 Å². The van der Waals surface area contributed by atoms with Crippen molar-refractivity contribution in [2.75, 3.05) is 0 Å². The molecule has 0 spiro atoms. The molecule has 0 N–H and O–H groups in total. The van der Waals surface area contributed by atoms with Gasteiger partial charge in [0.15, 0.2) is 10.6 Å². The molecule has 0 unspecified atom stereocenters. The molecular formula is C19H16N2O2S. The molecular weight excluding hydrogens is 320 g/mol. The number of thiazole rings is 1. The second-order valence-electron chi connectivity index (χ2n) is 5.63. The molecule has 0 atom stereocenters. The molecule has 5 heteroatoms. The highest BCUT2D eigenvalue weighted by atomic mass is 32.1. The standard InChI is InChI=1S/C19H16N2O2S/c1-3-12-8-6-10-16-17(12)21(2)19(24-16)20-18(22)15-11-13-7-4-5-9-14(13)23-15/h4-11H,3H2,1-2H3. The maximum atomic E-state index is 12.5. The third-order valence-electron chi connectivity index (χ3n) is 4.12. The highest BCUT2D eigenvalue weighted by molar-refractivity contribution is 7.16. The summed E-state index contributed by atoms with van der Waals surface area (Å²) in [6.07, 6.45) is 0.943. The van der Waals surface area contributed by atoms with E-state index in [0.29, 0.717) is 10.4 Å². The van der Waals surface area contributed by atoms with E-state index in [2.05, 4.69) is 24.0 Å². The molecule has 2 aromatic heterocycles. The average Bonchev–Trinajstić information content (AvgIpc) is 3.16. The quantitative estimate of drug-likeness (QED) is 0.548. The third-order valence-corrected chi connectivity index (χ3v) is 5.22. The van der Waals surface area contributed by atoms with Crippen LogP contribution in [0.5, 0.6) is 0 Å². The van der Waals surface area contributed by atoms with Crippen LogP contribution >= 0.6 is 11.3 Å². The number of aromatic nitrogens is 1. The Labute approximate surface area is 142 Å². The minimum atomic E-state index is -0.355. The zero-order chi connectivity index (χ0) is 16.7. The van der Waals surface area contributed by atoms with Crippen LogP contribution in [-0.4, -0.2) is 10.5 Å². The predicted octanol–water partition coefficient (Wildman–Crippen LogP) is 4.29. The highest BCUT2D eigenvalue weighted by Crippen LogP contribution is 2.22. The molecule has 2 aromatic carbocycles. The Bertz CT molecular complexity index is 1100. The van der Waals surface area contributed by atoms with E-state index >= 15 is 0 Å². The second-order valence-corrected chi connectivity index (χ2v) is 6.64. The van der Waals surface area contributed by atoms with Crippen molar-refractivity contribution in [3.05, 3.63) is 64.7 Å². The molecule has 2 heterocycles. The Hall–Kier alpha value is -2.66. The monoisotopic (exact) mass is 336 g/mol. The summed E-state index contributed by atoms with van der Waals surface area (Å²) in [6, 6.07) is 15.5. The van der Waals surface area contributed by atoms with Crippen LogP contribution in [0.25, 0.3) is 21.2 Å². The third kappa shape index (κ3) is 2.37. The van der Waals surface area contributed by atoms with Crippen LogP contribution < -0.4 is 4.80 Å². The number of hydrogen-bond acceptors (Lipinski definition) is 3. The summed E-state index contributed by atoms with van der Waals surface area (Å²) < 4.78 is 8.73. The fourth-order valence-electron chi connectivity index (χ4n) is 2.91. The van der Waals surface area contributed by atoms with Crippen molar-refractivity contribution < 1.29 is 9.21 Å². The summed E-state index contributed by atoms with van der Waals surface area (Å²) in [6.45, 7) is 2.13. The Morgan fingerprint density at radius 1 is 1.21 bits per heavy atom. The Morgan fingerprint density at radius 2 is 2.04 bits per heavy atom. The molecule has 1 amide bonds. The van der Waals surface area contributed by atoms with Gasteiger partial charge in [-0.1, -0.05) is 48.6 Å². The number of amides is 1. The maximum Gasteiger partial charge on any atom is 0.315 e. The van der Waals surface area contributed by atoms with Gasteiger partial charge in [0, 0.05) is 12.4 Å². The van der Waals surface area contributed by atoms with Crippen molar-refractivity contribution in [3.63, 3.8) is 0 Å². The lowest BCUT2D eigenvalue weighted by Crippen LogP contribution is -2.13. The van der Waals surface area contributed by atoms with Crippen molar-refractivity contribution in [2.24, 2.45) is 12.0 Å². The highest BCUT2D eigenvalue weighted by Gasteiger charge is 2.13. The summed E-state index contributed by atoms with van der Waals surface area (Å²) in [5, 5.41) is 0.907. The molecule has 0 saturated carbocycles.